The molecule has 1 aromatic rings. The monoisotopic (exact) mass is 263 g/mol. The molecule has 0 aliphatic carbocycles. The third-order valence-corrected chi connectivity index (χ3v) is 3.71. The molecular weight excluding hydrogens is 238 g/mol. The predicted octanol–water partition coefficient (Wildman–Crippen LogP) is 1.26. The molecule has 1 aliphatic rings. The van der Waals surface area contributed by atoms with Gasteiger partial charge >= 0.3 is 0 Å². The van der Waals surface area contributed by atoms with E-state index in [1.165, 1.54) is 18.4 Å². The second-order valence-corrected chi connectivity index (χ2v) is 5.59. The van der Waals surface area contributed by atoms with Gasteiger partial charge in [0, 0.05) is 25.5 Å². The molecule has 4 heteroatoms. The highest BCUT2D eigenvalue weighted by atomic mass is 16.3. The molecule has 0 bridgehead atoms. The van der Waals surface area contributed by atoms with Gasteiger partial charge in [-0.1, -0.05) is 6.07 Å². The van der Waals surface area contributed by atoms with E-state index in [4.69, 9.17) is 0 Å². The van der Waals surface area contributed by atoms with Crippen LogP contribution in [0, 0.1) is 5.92 Å². The van der Waals surface area contributed by atoms with Crippen LogP contribution in [0.2, 0.25) is 0 Å². The zero-order valence-corrected chi connectivity index (χ0v) is 11.8. The van der Waals surface area contributed by atoms with Gasteiger partial charge in [-0.2, -0.15) is 0 Å². The fourth-order valence-corrected chi connectivity index (χ4v) is 2.67. The normalized spacial score (nSPS) is 19.5. The first-order valence-corrected chi connectivity index (χ1v) is 7.24. The van der Waals surface area contributed by atoms with Gasteiger partial charge in [-0.3, -0.25) is 4.98 Å². The van der Waals surface area contributed by atoms with Crippen molar-refractivity contribution in [3.05, 3.63) is 30.1 Å². The van der Waals surface area contributed by atoms with Gasteiger partial charge < -0.3 is 15.3 Å². The lowest BCUT2D eigenvalue weighted by Gasteiger charge is -2.32. The van der Waals surface area contributed by atoms with Crippen LogP contribution in [-0.4, -0.2) is 47.3 Å². The highest BCUT2D eigenvalue weighted by Crippen LogP contribution is 2.16. The molecule has 0 aromatic carbocycles. The number of piperidine rings is 1. The summed E-state index contributed by atoms with van der Waals surface area (Å²) in [4.78, 5) is 6.48. The van der Waals surface area contributed by atoms with E-state index in [1.54, 1.807) is 6.20 Å². The van der Waals surface area contributed by atoms with Crippen LogP contribution < -0.4 is 5.32 Å². The van der Waals surface area contributed by atoms with E-state index in [1.807, 2.05) is 19.2 Å². The van der Waals surface area contributed by atoms with E-state index < -0.39 is 0 Å². The Morgan fingerprint density at radius 3 is 2.89 bits per heavy atom. The molecule has 4 nitrogen and oxygen atoms in total. The molecule has 0 spiro atoms. The Hall–Kier alpha value is -0.970. The van der Waals surface area contributed by atoms with Crippen molar-refractivity contribution < 1.29 is 5.11 Å². The van der Waals surface area contributed by atoms with Crippen LogP contribution in [0.5, 0.6) is 0 Å². The van der Waals surface area contributed by atoms with Crippen molar-refractivity contribution in [2.75, 3.05) is 26.2 Å². The molecule has 2 heterocycles. The summed E-state index contributed by atoms with van der Waals surface area (Å²) in [6.07, 6.45) is 5.97. The number of β-amino-alcohol motifs (C(OH)–C–C–N with tert-alkyl or cyclic N) is 1. The summed E-state index contributed by atoms with van der Waals surface area (Å²) in [5.74, 6) is 0.766. The average Bonchev–Trinajstić information content (AvgIpc) is 2.41. The number of likely N-dealkylation sites (tertiary alicyclic amines) is 1. The lowest BCUT2D eigenvalue weighted by Crippen LogP contribution is -2.40. The predicted molar refractivity (Wildman–Crippen MR) is 76.8 cm³/mol. The number of rotatable bonds is 6. The SMILES string of the molecule is C[C@@H](O)CN1CCC(CNCc2cccnc2)CC1. The molecule has 1 atom stereocenters. The molecule has 1 aliphatic heterocycles. The fraction of sp³-hybridized carbons (Fsp3) is 0.667. The third kappa shape index (κ3) is 5.27. The average molecular weight is 263 g/mol. The Balaban J connectivity index is 1.61. The summed E-state index contributed by atoms with van der Waals surface area (Å²) >= 11 is 0. The number of pyridine rings is 1. The van der Waals surface area contributed by atoms with Gasteiger partial charge in [-0.15, -0.1) is 0 Å². The van der Waals surface area contributed by atoms with Crippen LogP contribution >= 0.6 is 0 Å². The minimum atomic E-state index is -0.208. The first kappa shape index (κ1) is 14.4. The number of nitrogens with one attached hydrogen (secondary N) is 1. The molecule has 0 amide bonds. The van der Waals surface area contributed by atoms with Crippen molar-refractivity contribution in [1.29, 1.82) is 0 Å². The zero-order valence-electron chi connectivity index (χ0n) is 11.8. The number of hydrogen-bond donors (Lipinski definition) is 2. The van der Waals surface area contributed by atoms with E-state index in [0.29, 0.717) is 0 Å². The third-order valence-electron chi connectivity index (χ3n) is 3.71. The van der Waals surface area contributed by atoms with Crippen LogP contribution in [0.15, 0.2) is 24.5 Å². The molecule has 1 saturated heterocycles. The van der Waals surface area contributed by atoms with Crippen LogP contribution in [0.3, 0.4) is 0 Å². The van der Waals surface area contributed by atoms with Crippen LogP contribution in [0.1, 0.15) is 25.3 Å². The molecule has 1 aromatic heterocycles. The van der Waals surface area contributed by atoms with Gasteiger partial charge in [0.05, 0.1) is 6.10 Å². The molecule has 0 radical (unpaired) electrons. The standard InChI is InChI=1S/C15H25N3O/c1-13(19)12-18-7-4-14(5-8-18)9-17-11-15-3-2-6-16-10-15/h2-3,6,10,13-14,17,19H,4-5,7-9,11-12H2,1H3/t13-/m1/s1. The van der Waals surface area contributed by atoms with Crippen LogP contribution in [-0.2, 0) is 6.54 Å². The van der Waals surface area contributed by atoms with Crippen LogP contribution in [0.4, 0.5) is 0 Å². The highest BCUT2D eigenvalue weighted by Gasteiger charge is 2.19. The lowest BCUT2D eigenvalue weighted by atomic mass is 9.96. The topological polar surface area (TPSA) is 48.4 Å². The highest BCUT2D eigenvalue weighted by molar-refractivity contribution is 5.07. The van der Waals surface area contributed by atoms with Gasteiger partial charge in [0.25, 0.3) is 0 Å². The smallest absolute Gasteiger partial charge is 0.0639 e. The van der Waals surface area contributed by atoms with Gasteiger partial charge in [-0.05, 0) is 56.9 Å². The summed E-state index contributed by atoms with van der Waals surface area (Å²) in [6.45, 7) is 6.89. The fourth-order valence-electron chi connectivity index (χ4n) is 2.67. The Morgan fingerprint density at radius 2 is 2.26 bits per heavy atom. The second kappa shape index (κ2) is 7.58. The quantitative estimate of drug-likeness (QED) is 0.811. The number of aromatic nitrogens is 1. The number of hydrogen-bond acceptors (Lipinski definition) is 4. The van der Waals surface area contributed by atoms with E-state index >= 15 is 0 Å². The Labute approximate surface area is 115 Å². The molecule has 19 heavy (non-hydrogen) atoms. The summed E-state index contributed by atoms with van der Waals surface area (Å²) in [6, 6.07) is 4.08. The maximum Gasteiger partial charge on any atom is 0.0639 e. The van der Waals surface area contributed by atoms with Crippen molar-refractivity contribution in [2.45, 2.75) is 32.4 Å². The van der Waals surface area contributed by atoms with Crippen molar-refractivity contribution >= 4 is 0 Å². The second-order valence-electron chi connectivity index (χ2n) is 5.59. The summed E-state index contributed by atoms with van der Waals surface area (Å²) < 4.78 is 0. The Kier molecular flexibility index (Phi) is 5.76. The molecule has 0 unspecified atom stereocenters. The summed E-state index contributed by atoms with van der Waals surface area (Å²) in [5, 5.41) is 12.9. The van der Waals surface area contributed by atoms with Gasteiger partial charge in [0.1, 0.15) is 0 Å². The maximum atomic E-state index is 9.38. The molecule has 2 rings (SSSR count). The van der Waals surface area contributed by atoms with Crippen molar-refractivity contribution in [2.24, 2.45) is 5.92 Å². The van der Waals surface area contributed by atoms with E-state index in [0.717, 1.165) is 38.6 Å². The lowest BCUT2D eigenvalue weighted by molar-refractivity contribution is 0.0998. The van der Waals surface area contributed by atoms with Crippen molar-refractivity contribution in [3.63, 3.8) is 0 Å². The van der Waals surface area contributed by atoms with Crippen molar-refractivity contribution in [3.8, 4) is 0 Å². The minimum Gasteiger partial charge on any atom is -0.392 e. The number of nitrogens with zero attached hydrogens (tertiary/aromatic N) is 2. The van der Waals surface area contributed by atoms with Crippen molar-refractivity contribution in [1.82, 2.24) is 15.2 Å². The van der Waals surface area contributed by atoms with Crippen LogP contribution in [0.25, 0.3) is 0 Å². The van der Waals surface area contributed by atoms with E-state index in [-0.39, 0.29) is 6.10 Å². The zero-order chi connectivity index (χ0) is 13.5. The maximum absolute atomic E-state index is 9.38. The Morgan fingerprint density at radius 1 is 1.47 bits per heavy atom. The van der Waals surface area contributed by atoms with E-state index in [2.05, 4.69) is 21.3 Å². The number of aliphatic hydroxyl groups is 1. The van der Waals surface area contributed by atoms with Gasteiger partial charge in [-0.25, -0.2) is 0 Å². The molecule has 106 valence electrons. The summed E-state index contributed by atoms with van der Waals surface area (Å²) in [5.41, 5.74) is 1.24. The van der Waals surface area contributed by atoms with Gasteiger partial charge in [0.2, 0.25) is 0 Å². The van der Waals surface area contributed by atoms with Gasteiger partial charge in [0.15, 0.2) is 0 Å². The number of aliphatic hydroxyl groups excluding tert-OH is 1. The first-order chi connectivity index (χ1) is 9.24. The molecular formula is C15H25N3O. The molecule has 2 N–H and O–H groups in total. The Bertz CT molecular complexity index is 348. The first-order valence-electron chi connectivity index (χ1n) is 7.24. The minimum absolute atomic E-state index is 0.208. The summed E-state index contributed by atoms with van der Waals surface area (Å²) in [7, 11) is 0. The molecule has 1 fully saturated rings. The largest absolute Gasteiger partial charge is 0.392 e. The molecule has 0 saturated carbocycles. The van der Waals surface area contributed by atoms with E-state index in [9.17, 15) is 5.11 Å².